The minimum atomic E-state index is -0.963. The van der Waals surface area contributed by atoms with Gasteiger partial charge in [-0.05, 0) is 36.8 Å². The molecule has 0 aliphatic heterocycles. The van der Waals surface area contributed by atoms with Crippen LogP contribution in [0, 0.1) is 0 Å². The molecule has 3 aromatic rings. The van der Waals surface area contributed by atoms with Crippen LogP contribution in [0.4, 0.5) is 5.69 Å². The highest BCUT2D eigenvalue weighted by Crippen LogP contribution is 2.29. The lowest BCUT2D eigenvalue weighted by Crippen LogP contribution is -2.32. The number of fused-ring (bicyclic) bond motifs is 1. The lowest BCUT2D eigenvalue weighted by molar-refractivity contribution is -0.124. The van der Waals surface area contributed by atoms with Crippen LogP contribution in [0.3, 0.4) is 0 Å². The third-order valence-electron chi connectivity index (χ3n) is 3.78. The predicted molar refractivity (Wildman–Crippen MR) is 101 cm³/mol. The average molecular weight is 392 g/mol. The molecule has 26 heavy (non-hydrogen) atoms. The van der Waals surface area contributed by atoms with E-state index in [-0.39, 0.29) is 5.02 Å². The lowest BCUT2D eigenvalue weighted by atomic mass is 10.2. The van der Waals surface area contributed by atoms with Crippen molar-refractivity contribution in [3.8, 4) is 0 Å². The highest BCUT2D eigenvalue weighted by molar-refractivity contribution is 6.44. The van der Waals surface area contributed by atoms with E-state index in [0.717, 1.165) is 5.52 Å². The summed E-state index contributed by atoms with van der Waals surface area (Å²) in [5.41, 5.74) is 2.14. The van der Waals surface area contributed by atoms with Crippen molar-refractivity contribution in [2.75, 3.05) is 5.32 Å². The van der Waals surface area contributed by atoms with Crippen molar-refractivity contribution < 1.29 is 14.3 Å². The second kappa shape index (κ2) is 7.76. The van der Waals surface area contributed by atoms with Gasteiger partial charge in [-0.1, -0.05) is 36.2 Å². The number of hydrogen-bond acceptors (Lipinski definition) is 4. The number of aromatic nitrogens is 2. The molecule has 1 unspecified atom stereocenters. The predicted octanol–water partition coefficient (Wildman–Crippen LogP) is 4.44. The monoisotopic (exact) mass is 391 g/mol. The van der Waals surface area contributed by atoms with Crippen molar-refractivity contribution in [3.63, 3.8) is 0 Å². The van der Waals surface area contributed by atoms with Crippen molar-refractivity contribution in [1.29, 1.82) is 0 Å². The van der Waals surface area contributed by atoms with E-state index in [0.29, 0.717) is 28.2 Å². The third kappa shape index (κ3) is 3.81. The molecule has 0 aliphatic carbocycles. The van der Waals surface area contributed by atoms with Crippen LogP contribution in [0.1, 0.15) is 23.7 Å². The first kappa shape index (κ1) is 18.2. The Morgan fingerprint density at radius 1 is 1.27 bits per heavy atom. The Bertz CT molecular complexity index is 971. The number of carbonyl (C=O) groups excluding carboxylic acids is 2. The molecule has 134 valence electrons. The highest BCUT2D eigenvalue weighted by atomic mass is 35.5. The summed E-state index contributed by atoms with van der Waals surface area (Å²) >= 11 is 12.0. The first-order valence-corrected chi connectivity index (χ1v) is 8.64. The Balaban J connectivity index is 1.72. The molecule has 1 atom stereocenters. The molecule has 0 spiro atoms. The fourth-order valence-corrected chi connectivity index (χ4v) is 2.74. The van der Waals surface area contributed by atoms with Gasteiger partial charge in [0.1, 0.15) is 0 Å². The minimum Gasteiger partial charge on any atom is -0.449 e. The topological polar surface area (TPSA) is 84.1 Å². The Morgan fingerprint density at radius 3 is 2.85 bits per heavy atom. The number of nitrogens with zero attached hydrogens (tertiary/aromatic N) is 1. The second-order valence-electron chi connectivity index (χ2n) is 5.53. The van der Waals surface area contributed by atoms with E-state index in [1.807, 2.05) is 0 Å². The molecule has 0 bridgehead atoms. The molecule has 6 nitrogen and oxygen atoms in total. The van der Waals surface area contributed by atoms with Gasteiger partial charge in [0.05, 0.1) is 38.7 Å². The van der Waals surface area contributed by atoms with E-state index in [4.69, 9.17) is 27.9 Å². The van der Waals surface area contributed by atoms with Gasteiger partial charge in [0.25, 0.3) is 5.91 Å². The van der Waals surface area contributed by atoms with E-state index in [9.17, 15) is 9.59 Å². The van der Waals surface area contributed by atoms with Crippen LogP contribution in [0.25, 0.3) is 11.0 Å². The molecule has 0 saturated heterocycles. The van der Waals surface area contributed by atoms with Crippen molar-refractivity contribution >= 4 is 51.8 Å². The summed E-state index contributed by atoms with van der Waals surface area (Å²) in [4.78, 5) is 31.8. The molecule has 1 heterocycles. The highest BCUT2D eigenvalue weighted by Gasteiger charge is 2.23. The molecule has 2 aromatic carbocycles. The van der Waals surface area contributed by atoms with Gasteiger partial charge < -0.3 is 15.0 Å². The van der Waals surface area contributed by atoms with Crippen LogP contribution in [0.2, 0.25) is 10.0 Å². The molecule has 3 rings (SSSR count). The fraction of sp³-hybridized carbons (Fsp3) is 0.167. The van der Waals surface area contributed by atoms with Crippen LogP contribution < -0.4 is 5.32 Å². The van der Waals surface area contributed by atoms with Gasteiger partial charge in [0.15, 0.2) is 6.10 Å². The zero-order chi connectivity index (χ0) is 18.7. The number of anilines is 1. The Labute approximate surface area is 159 Å². The van der Waals surface area contributed by atoms with Crippen LogP contribution >= 0.6 is 23.2 Å². The van der Waals surface area contributed by atoms with Crippen LogP contribution in [-0.4, -0.2) is 27.9 Å². The molecule has 1 aromatic heterocycles. The molecule has 0 aliphatic rings. The standard InChI is InChI=1S/C18H15Cl2N3O3/c1-2-15(17(24)23-13-5-3-4-11(19)16(13)20)26-18(25)10-6-7-12-14(8-10)22-9-21-12/h3-9,15H,2H2,1H3,(H,21,22)(H,23,24). The number of H-pyrrole nitrogens is 1. The van der Waals surface area contributed by atoms with Gasteiger partial charge in [-0.15, -0.1) is 0 Å². The normalized spacial score (nSPS) is 12.0. The van der Waals surface area contributed by atoms with Gasteiger partial charge in [-0.3, -0.25) is 4.79 Å². The fourth-order valence-electron chi connectivity index (χ4n) is 2.40. The summed E-state index contributed by atoms with van der Waals surface area (Å²) in [6.07, 6.45) is 0.883. The number of esters is 1. The Hall–Kier alpha value is -2.57. The number of ether oxygens (including phenoxy) is 1. The maximum absolute atomic E-state index is 12.4. The van der Waals surface area contributed by atoms with Crippen LogP contribution in [0.15, 0.2) is 42.7 Å². The number of hydrogen-bond donors (Lipinski definition) is 2. The molecule has 2 N–H and O–H groups in total. The number of carbonyl (C=O) groups is 2. The molecule has 0 saturated carbocycles. The summed E-state index contributed by atoms with van der Waals surface area (Å²) in [6, 6.07) is 9.83. The third-order valence-corrected chi connectivity index (χ3v) is 4.60. The summed E-state index contributed by atoms with van der Waals surface area (Å²) in [5, 5.41) is 3.19. The number of benzene rings is 2. The summed E-state index contributed by atoms with van der Waals surface area (Å²) in [6.45, 7) is 1.75. The number of nitrogens with one attached hydrogen (secondary N) is 2. The van der Waals surface area contributed by atoms with Crippen LogP contribution in [-0.2, 0) is 9.53 Å². The van der Waals surface area contributed by atoms with Crippen LogP contribution in [0.5, 0.6) is 0 Å². The molecular weight excluding hydrogens is 377 g/mol. The van der Waals surface area contributed by atoms with Gasteiger partial charge in [0.2, 0.25) is 0 Å². The quantitative estimate of drug-likeness (QED) is 0.629. The van der Waals surface area contributed by atoms with Gasteiger partial charge in [-0.2, -0.15) is 0 Å². The molecular formula is C18H15Cl2N3O3. The van der Waals surface area contributed by atoms with E-state index >= 15 is 0 Å². The molecule has 1 amide bonds. The SMILES string of the molecule is CCC(OC(=O)c1ccc2nc[nH]c2c1)C(=O)Nc1cccc(Cl)c1Cl. The smallest absolute Gasteiger partial charge is 0.338 e. The maximum atomic E-state index is 12.4. The molecule has 0 radical (unpaired) electrons. The van der Waals surface area contributed by atoms with Crippen molar-refractivity contribution in [3.05, 3.63) is 58.3 Å². The van der Waals surface area contributed by atoms with E-state index < -0.39 is 18.0 Å². The summed E-state index contributed by atoms with van der Waals surface area (Å²) in [5.74, 6) is -1.08. The Morgan fingerprint density at radius 2 is 2.08 bits per heavy atom. The van der Waals surface area contributed by atoms with E-state index in [2.05, 4.69) is 15.3 Å². The number of aromatic amines is 1. The number of amides is 1. The van der Waals surface area contributed by atoms with Gasteiger partial charge >= 0.3 is 5.97 Å². The average Bonchev–Trinajstić information content (AvgIpc) is 3.10. The summed E-state index contributed by atoms with van der Waals surface area (Å²) in [7, 11) is 0. The van der Waals surface area contributed by atoms with Gasteiger partial charge in [-0.25, -0.2) is 9.78 Å². The van der Waals surface area contributed by atoms with Gasteiger partial charge in [0, 0.05) is 0 Å². The van der Waals surface area contributed by atoms with E-state index in [1.165, 1.54) is 6.33 Å². The number of rotatable bonds is 5. The Kier molecular flexibility index (Phi) is 5.44. The first-order valence-electron chi connectivity index (χ1n) is 7.88. The zero-order valence-corrected chi connectivity index (χ0v) is 15.3. The van der Waals surface area contributed by atoms with Crippen molar-refractivity contribution in [2.45, 2.75) is 19.4 Å². The second-order valence-corrected chi connectivity index (χ2v) is 6.31. The van der Waals surface area contributed by atoms with Crippen molar-refractivity contribution in [1.82, 2.24) is 9.97 Å². The minimum absolute atomic E-state index is 0.230. The van der Waals surface area contributed by atoms with E-state index in [1.54, 1.807) is 43.3 Å². The molecule has 8 heteroatoms. The maximum Gasteiger partial charge on any atom is 0.338 e. The largest absolute Gasteiger partial charge is 0.449 e. The molecule has 0 fully saturated rings. The summed E-state index contributed by atoms with van der Waals surface area (Å²) < 4.78 is 5.35. The number of halogens is 2. The van der Waals surface area contributed by atoms with Crippen molar-refractivity contribution in [2.24, 2.45) is 0 Å². The number of imidazole rings is 1. The lowest BCUT2D eigenvalue weighted by Gasteiger charge is -2.17. The first-order chi connectivity index (χ1) is 12.5. The zero-order valence-electron chi connectivity index (χ0n) is 13.8.